The molecule has 54 heavy (non-hydrogen) atoms. The van der Waals surface area contributed by atoms with Gasteiger partial charge in [0.2, 0.25) is 11.9 Å². The lowest BCUT2D eigenvalue weighted by Crippen LogP contribution is -2.44. The summed E-state index contributed by atoms with van der Waals surface area (Å²) in [6.07, 6.45) is -3.14. The van der Waals surface area contributed by atoms with E-state index in [0.717, 1.165) is 34.2 Å². The third-order valence-corrected chi connectivity index (χ3v) is 9.57. The van der Waals surface area contributed by atoms with Crippen LogP contribution in [0.25, 0.3) is 10.2 Å². The summed E-state index contributed by atoms with van der Waals surface area (Å²) in [7, 11) is 0. The number of nitrogens with zero attached hydrogens (tertiary/aromatic N) is 4. The molecule has 0 unspecified atom stereocenters. The normalized spacial score (nSPS) is 13.5. The van der Waals surface area contributed by atoms with Crippen molar-refractivity contribution < 1.29 is 32.3 Å². The molecule has 282 valence electrons. The zero-order valence-electron chi connectivity index (χ0n) is 29.2. The van der Waals surface area contributed by atoms with Gasteiger partial charge in [0, 0.05) is 29.4 Å². The van der Waals surface area contributed by atoms with E-state index < -0.39 is 47.5 Å². The fraction of sp³-hybridized carbons (Fsp3) is 0.306. The number of fused-ring (bicyclic) bond motifs is 1. The Kier molecular flexibility index (Phi) is 10.9. The number of aryl methyl sites for hydroxylation is 1. The highest BCUT2D eigenvalue weighted by Gasteiger charge is 2.45. The van der Waals surface area contributed by atoms with Crippen LogP contribution in [0.1, 0.15) is 48.2 Å². The first-order chi connectivity index (χ1) is 25.6. The van der Waals surface area contributed by atoms with Crippen LogP contribution in [0, 0.1) is 12.3 Å². The van der Waals surface area contributed by atoms with E-state index in [1.54, 1.807) is 36.4 Å². The summed E-state index contributed by atoms with van der Waals surface area (Å²) < 4.78 is 44.6. The smallest absolute Gasteiger partial charge is 0.422 e. The van der Waals surface area contributed by atoms with Gasteiger partial charge in [-0.25, -0.2) is 4.98 Å². The highest BCUT2D eigenvalue weighted by molar-refractivity contribution is 7.22. The summed E-state index contributed by atoms with van der Waals surface area (Å²) in [6.45, 7) is 4.23. The van der Waals surface area contributed by atoms with Crippen molar-refractivity contribution >= 4 is 73.6 Å². The largest absolute Gasteiger partial charge is 0.454 e. The number of hydrogen-bond acceptors (Lipinski definition) is 11. The number of thiazole rings is 1. The van der Waals surface area contributed by atoms with E-state index in [1.165, 1.54) is 11.3 Å². The highest BCUT2D eigenvalue weighted by Crippen LogP contribution is 2.48. The van der Waals surface area contributed by atoms with Gasteiger partial charge >= 0.3 is 24.0 Å². The summed E-state index contributed by atoms with van der Waals surface area (Å²) in [4.78, 5) is 54.8. The maximum absolute atomic E-state index is 13.0. The van der Waals surface area contributed by atoms with Gasteiger partial charge in [-0.15, -0.1) is 0 Å². The Labute approximate surface area is 316 Å². The van der Waals surface area contributed by atoms with E-state index in [1.807, 2.05) is 51.1 Å². The molecule has 0 saturated heterocycles. The Morgan fingerprint density at radius 3 is 2.22 bits per heavy atom. The van der Waals surface area contributed by atoms with Crippen LogP contribution in [0.15, 0.2) is 66.7 Å². The van der Waals surface area contributed by atoms with Crippen molar-refractivity contribution in [2.45, 2.75) is 45.3 Å². The third-order valence-electron chi connectivity index (χ3n) is 8.38. The number of carbonyl (C=O) groups excluding carboxylic acids is 3. The van der Waals surface area contributed by atoms with Gasteiger partial charge < -0.3 is 26.0 Å². The van der Waals surface area contributed by atoms with Gasteiger partial charge in [0.1, 0.15) is 0 Å². The molecule has 3 amide bonds. The molecule has 2 heterocycles. The number of benzene rings is 3. The van der Waals surface area contributed by atoms with Crippen molar-refractivity contribution in [2.24, 2.45) is 5.41 Å². The third kappa shape index (κ3) is 9.90. The Balaban J connectivity index is 1.03. The molecule has 1 aliphatic rings. The van der Waals surface area contributed by atoms with E-state index in [0.29, 0.717) is 21.4 Å². The number of para-hydroxylation sites is 1. The van der Waals surface area contributed by atoms with Crippen molar-refractivity contribution in [1.29, 1.82) is 0 Å². The lowest BCUT2D eigenvalue weighted by atomic mass is 9.93. The predicted octanol–water partition coefficient (Wildman–Crippen LogP) is 6.74. The van der Waals surface area contributed by atoms with Crippen molar-refractivity contribution in [3.63, 3.8) is 0 Å². The van der Waals surface area contributed by atoms with Gasteiger partial charge in [-0.3, -0.25) is 19.7 Å². The number of carbonyl (C=O) groups is 3. The molecule has 18 heteroatoms. The number of halogens is 4. The molecular weight excluding hydrogens is 747 g/mol. The highest BCUT2D eigenvalue weighted by atomic mass is 35.5. The number of hydrogen-bond donors (Lipinski definition) is 5. The molecule has 5 N–H and O–H groups in total. The maximum Gasteiger partial charge on any atom is 0.422 e. The number of amides is 3. The first kappa shape index (κ1) is 38.2. The number of aromatic nitrogens is 4. The summed E-state index contributed by atoms with van der Waals surface area (Å²) >= 11 is 7.31. The Morgan fingerprint density at radius 2 is 1.56 bits per heavy atom. The lowest BCUT2D eigenvalue weighted by molar-refractivity contribution is -0.154. The van der Waals surface area contributed by atoms with Crippen molar-refractivity contribution in [3.8, 4) is 6.01 Å². The minimum absolute atomic E-state index is 0.0100. The Morgan fingerprint density at radius 1 is 0.870 bits per heavy atom. The number of rotatable bonds is 13. The zero-order valence-corrected chi connectivity index (χ0v) is 30.8. The van der Waals surface area contributed by atoms with E-state index in [-0.39, 0.29) is 25.0 Å². The second kappa shape index (κ2) is 15.4. The van der Waals surface area contributed by atoms with Crippen LogP contribution in [0.2, 0.25) is 5.02 Å². The minimum Gasteiger partial charge on any atom is -0.454 e. The molecule has 1 aliphatic carbocycles. The molecule has 0 bridgehead atoms. The average molecular weight is 782 g/mol. The molecular formula is C36H35ClF3N9O4S. The van der Waals surface area contributed by atoms with Crippen LogP contribution in [-0.2, 0) is 15.1 Å². The summed E-state index contributed by atoms with van der Waals surface area (Å²) in [5.41, 5.74) is 2.24. The molecule has 6 rings (SSSR count). The SMILES string of the molecule is Cc1cccc2sc(NC(=O)C(=O)NCC(C)(C)CNC(=O)c3ccc(Nc4nc(NC5(c6ccc(Cl)cc6)CC5)nc(OCC(F)(F)F)n4)cc3)nc12. The van der Waals surface area contributed by atoms with Gasteiger partial charge in [-0.05, 0) is 78.8 Å². The van der Waals surface area contributed by atoms with Gasteiger partial charge in [0.05, 0.1) is 15.8 Å². The van der Waals surface area contributed by atoms with Crippen molar-refractivity contribution in [1.82, 2.24) is 30.6 Å². The molecule has 1 fully saturated rings. The number of ether oxygens (including phenoxy) is 1. The van der Waals surface area contributed by atoms with E-state index in [2.05, 4.69) is 46.5 Å². The molecule has 0 spiro atoms. The van der Waals surface area contributed by atoms with Crippen LogP contribution in [0.4, 0.5) is 35.9 Å². The summed E-state index contributed by atoms with van der Waals surface area (Å²) in [6, 6.07) is 18.6. The van der Waals surface area contributed by atoms with Crippen LogP contribution < -0.4 is 31.3 Å². The van der Waals surface area contributed by atoms with Gasteiger partial charge in [-0.1, -0.05) is 61.1 Å². The van der Waals surface area contributed by atoms with Crippen molar-refractivity contribution in [3.05, 3.63) is 88.4 Å². The average Bonchev–Trinajstić information content (AvgIpc) is 3.78. The fourth-order valence-corrected chi connectivity index (χ4v) is 6.35. The first-order valence-electron chi connectivity index (χ1n) is 16.7. The Bertz CT molecular complexity index is 2180. The molecule has 1 saturated carbocycles. The second-order valence-electron chi connectivity index (χ2n) is 13.5. The second-order valence-corrected chi connectivity index (χ2v) is 15.0. The molecule has 2 aromatic heterocycles. The Hall–Kier alpha value is -5.55. The fourth-order valence-electron chi connectivity index (χ4n) is 5.28. The minimum atomic E-state index is -4.61. The molecule has 13 nitrogen and oxygen atoms in total. The summed E-state index contributed by atoms with van der Waals surface area (Å²) in [5.74, 6) is -2.14. The van der Waals surface area contributed by atoms with Crippen LogP contribution in [0.5, 0.6) is 6.01 Å². The van der Waals surface area contributed by atoms with Gasteiger partial charge in [0.15, 0.2) is 11.7 Å². The van der Waals surface area contributed by atoms with Gasteiger partial charge in [-0.2, -0.15) is 28.1 Å². The monoisotopic (exact) mass is 781 g/mol. The van der Waals surface area contributed by atoms with Crippen molar-refractivity contribution in [2.75, 3.05) is 35.6 Å². The number of anilines is 4. The molecule has 3 aromatic carbocycles. The molecule has 5 aromatic rings. The predicted molar refractivity (Wildman–Crippen MR) is 199 cm³/mol. The molecule has 0 aliphatic heterocycles. The van der Waals surface area contributed by atoms with E-state index in [4.69, 9.17) is 16.3 Å². The van der Waals surface area contributed by atoms with Crippen LogP contribution in [0.3, 0.4) is 0 Å². The van der Waals surface area contributed by atoms with Crippen LogP contribution >= 0.6 is 22.9 Å². The standard InChI is InChI=1S/C36H35ClF3N9O4S/c1-20-5-4-6-25-26(20)44-33(54-25)45-29(52)28(51)42-18-34(2,3)17-41-27(50)21-7-13-24(14-8-21)43-30-46-31(48-32(47-30)53-19-36(38,39)40)49-35(15-16-35)22-9-11-23(37)12-10-22/h4-14H,15-19H2,1-3H3,(H,41,50)(H,42,51)(H,44,45,52)(H2,43,46,47,48,49). The number of nitrogens with one attached hydrogen (secondary N) is 5. The quantitative estimate of drug-likeness (QED) is 0.0806. The van der Waals surface area contributed by atoms with Gasteiger partial charge in [0.25, 0.3) is 5.91 Å². The molecule has 0 radical (unpaired) electrons. The first-order valence-corrected chi connectivity index (χ1v) is 17.9. The number of alkyl halides is 3. The maximum atomic E-state index is 13.0. The zero-order chi connectivity index (χ0) is 38.7. The lowest BCUT2D eigenvalue weighted by Gasteiger charge is -2.25. The van der Waals surface area contributed by atoms with Crippen LogP contribution in [-0.4, -0.2) is 63.5 Å². The summed E-state index contributed by atoms with van der Waals surface area (Å²) in [5, 5.41) is 15.0. The van der Waals surface area contributed by atoms with E-state index >= 15 is 0 Å². The molecule has 0 atom stereocenters. The topological polar surface area (TPSA) is 172 Å². The van der Waals surface area contributed by atoms with E-state index in [9.17, 15) is 27.6 Å².